The van der Waals surface area contributed by atoms with Gasteiger partial charge in [0, 0.05) is 17.8 Å². The number of terminal acetylenes is 1. The first-order valence-electron chi connectivity index (χ1n) is 12.2. The molecule has 3 amide bonds. The Morgan fingerprint density at radius 3 is 2.08 bits per heavy atom. The number of methoxy groups -OCH3 is 1. The van der Waals surface area contributed by atoms with Gasteiger partial charge < -0.3 is 25.0 Å². The third-order valence-electron chi connectivity index (χ3n) is 5.54. The van der Waals surface area contributed by atoms with Crippen LogP contribution in [0.25, 0.3) is 0 Å². The predicted molar refractivity (Wildman–Crippen MR) is 144 cm³/mol. The van der Waals surface area contributed by atoms with Crippen LogP contribution in [0, 0.1) is 18.3 Å². The van der Waals surface area contributed by atoms with Crippen molar-refractivity contribution in [2.24, 2.45) is 5.92 Å². The van der Waals surface area contributed by atoms with E-state index in [1.54, 1.807) is 83.3 Å². The predicted octanol–water partition coefficient (Wildman–Crippen LogP) is 4.75. The molecule has 2 rings (SSSR count). The SMILES string of the molecule is C#Cc1ccc(C(C(=O)Nc2ccc(OC)cc2)N(CC)C(=O)C(NC(=O)OC(C)(C)C)C(C)C)cc1. The molecule has 0 spiro atoms. The number of hydrogen-bond acceptors (Lipinski definition) is 5. The summed E-state index contributed by atoms with van der Waals surface area (Å²) in [6, 6.07) is 11.9. The van der Waals surface area contributed by atoms with E-state index >= 15 is 0 Å². The molecule has 0 radical (unpaired) electrons. The van der Waals surface area contributed by atoms with E-state index in [0.717, 1.165) is 0 Å². The molecule has 0 aliphatic rings. The van der Waals surface area contributed by atoms with Crippen molar-refractivity contribution < 1.29 is 23.9 Å². The van der Waals surface area contributed by atoms with Gasteiger partial charge in [-0.15, -0.1) is 6.42 Å². The number of alkyl carbamates (subject to hydrolysis) is 1. The second-order valence-electron chi connectivity index (χ2n) is 9.88. The van der Waals surface area contributed by atoms with Crippen molar-refractivity contribution in [1.29, 1.82) is 0 Å². The van der Waals surface area contributed by atoms with Crippen LogP contribution in [0.1, 0.15) is 58.7 Å². The van der Waals surface area contributed by atoms with E-state index < -0.39 is 35.6 Å². The van der Waals surface area contributed by atoms with Crippen LogP contribution < -0.4 is 15.4 Å². The maximum atomic E-state index is 13.8. The number of nitrogens with zero attached hydrogens (tertiary/aromatic N) is 1. The average molecular weight is 508 g/mol. The van der Waals surface area contributed by atoms with E-state index in [2.05, 4.69) is 16.6 Å². The molecule has 0 saturated carbocycles. The fourth-order valence-corrected chi connectivity index (χ4v) is 3.71. The molecule has 198 valence electrons. The summed E-state index contributed by atoms with van der Waals surface area (Å²) in [5.41, 5.74) is 1.06. The number of carbonyl (C=O) groups excluding carboxylic acids is 3. The monoisotopic (exact) mass is 507 g/mol. The van der Waals surface area contributed by atoms with Crippen LogP contribution in [-0.2, 0) is 14.3 Å². The summed E-state index contributed by atoms with van der Waals surface area (Å²) in [5.74, 6) is 2.14. The maximum absolute atomic E-state index is 13.8. The highest BCUT2D eigenvalue weighted by atomic mass is 16.6. The van der Waals surface area contributed by atoms with Crippen LogP contribution in [-0.4, -0.2) is 48.1 Å². The van der Waals surface area contributed by atoms with Gasteiger partial charge in [-0.05, 0) is 75.6 Å². The first kappa shape index (κ1) is 29.2. The van der Waals surface area contributed by atoms with E-state index in [9.17, 15) is 14.4 Å². The van der Waals surface area contributed by atoms with Crippen LogP contribution in [0.15, 0.2) is 48.5 Å². The lowest BCUT2D eigenvalue weighted by Gasteiger charge is -2.35. The summed E-state index contributed by atoms with van der Waals surface area (Å²) in [6.07, 6.45) is 4.80. The first-order chi connectivity index (χ1) is 17.4. The molecular weight excluding hydrogens is 470 g/mol. The Kier molecular flexibility index (Phi) is 10.1. The lowest BCUT2D eigenvalue weighted by atomic mass is 9.98. The molecule has 0 bridgehead atoms. The number of anilines is 1. The summed E-state index contributed by atoms with van der Waals surface area (Å²) < 4.78 is 10.6. The molecule has 0 saturated heterocycles. The van der Waals surface area contributed by atoms with E-state index in [1.807, 2.05) is 13.8 Å². The Labute approximate surface area is 219 Å². The highest BCUT2D eigenvalue weighted by molar-refractivity contribution is 5.99. The van der Waals surface area contributed by atoms with Gasteiger partial charge in [0.15, 0.2) is 0 Å². The standard InChI is InChI=1S/C29H37N3O5/c1-9-20-11-13-21(14-12-20)25(26(33)30-22-15-17-23(36-8)18-16-22)32(10-2)27(34)24(19(3)4)31-28(35)37-29(5,6)7/h1,11-19,24-25H,10H2,2-8H3,(H,30,33)(H,31,35). The quantitative estimate of drug-likeness (QED) is 0.477. The summed E-state index contributed by atoms with van der Waals surface area (Å²) in [5, 5.41) is 5.58. The third kappa shape index (κ3) is 8.28. The van der Waals surface area contributed by atoms with Gasteiger partial charge in [0.05, 0.1) is 7.11 Å². The highest BCUT2D eigenvalue weighted by Crippen LogP contribution is 2.26. The zero-order chi connectivity index (χ0) is 27.8. The van der Waals surface area contributed by atoms with Gasteiger partial charge >= 0.3 is 6.09 Å². The molecule has 2 N–H and O–H groups in total. The van der Waals surface area contributed by atoms with Crippen molar-refractivity contribution in [3.8, 4) is 18.1 Å². The van der Waals surface area contributed by atoms with Crippen molar-refractivity contribution in [2.75, 3.05) is 19.0 Å². The molecular formula is C29H37N3O5. The molecule has 0 aliphatic heterocycles. The van der Waals surface area contributed by atoms with E-state index in [1.165, 1.54) is 4.90 Å². The minimum atomic E-state index is -0.979. The van der Waals surface area contributed by atoms with Gasteiger partial charge in [-0.3, -0.25) is 9.59 Å². The van der Waals surface area contributed by atoms with Crippen molar-refractivity contribution in [2.45, 2.75) is 59.2 Å². The molecule has 2 aromatic carbocycles. The molecule has 8 heteroatoms. The lowest BCUT2D eigenvalue weighted by molar-refractivity contribution is -0.141. The summed E-state index contributed by atoms with van der Waals surface area (Å²) in [4.78, 5) is 41.4. The Morgan fingerprint density at radius 2 is 1.62 bits per heavy atom. The number of rotatable bonds is 9. The normalized spacial score (nSPS) is 12.6. The lowest BCUT2D eigenvalue weighted by Crippen LogP contribution is -2.54. The third-order valence-corrected chi connectivity index (χ3v) is 5.54. The van der Waals surface area contributed by atoms with E-state index in [0.29, 0.717) is 22.6 Å². The number of carbonyl (C=O) groups is 3. The zero-order valence-corrected chi connectivity index (χ0v) is 22.6. The Hall–Kier alpha value is -3.99. The van der Waals surface area contributed by atoms with Crippen LogP contribution >= 0.6 is 0 Å². The second kappa shape index (κ2) is 12.8. The van der Waals surface area contributed by atoms with Gasteiger partial charge in [0.25, 0.3) is 5.91 Å². The molecule has 2 atom stereocenters. The first-order valence-corrected chi connectivity index (χ1v) is 12.2. The number of hydrogen-bond donors (Lipinski definition) is 2. The van der Waals surface area contributed by atoms with Gasteiger partial charge in [-0.2, -0.15) is 0 Å². The maximum Gasteiger partial charge on any atom is 0.408 e. The summed E-state index contributed by atoms with van der Waals surface area (Å²) in [7, 11) is 1.56. The highest BCUT2D eigenvalue weighted by Gasteiger charge is 2.36. The average Bonchev–Trinajstić information content (AvgIpc) is 2.84. The molecule has 0 heterocycles. The van der Waals surface area contributed by atoms with Crippen molar-refractivity contribution in [1.82, 2.24) is 10.2 Å². The molecule has 2 aromatic rings. The Bertz CT molecular complexity index is 1110. The Morgan fingerprint density at radius 1 is 1.03 bits per heavy atom. The smallest absolute Gasteiger partial charge is 0.408 e. The van der Waals surface area contributed by atoms with E-state index in [-0.39, 0.29) is 12.5 Å². The fraction of sp³-hybridized carbons (Fsp3) is 0.414. The fourth-order valence-electron chi connectivity index (χ4n) is 3.71. The summed E-state index contributed by atoms with van der Waals surface area (Å²) in [6.45, 7) is 10.9. The molecule has 0 fully saturated rings. The number of nitrogens with one attached hydrogen (secondary N) is 2. The number of likely N-dealkylation sites (N-methyl/N-ethyl adjacent to an activating group) is 1. The minimum Gasteiger partial charge on any atom is -0.497 e. The van der Waals surface area contributed by atoms with Gasteiger partial charge in [-0.25, -0.2) is 4.79 Å². The number of ether oxygens (including phenoxy) is 2. The van der Waals surface area contributed by atoms with Crippen molar-refractivity contribution >= 4 is 23.6 Å². The largest absolute Gasteiger partial charge is 0.497 e. The van der Waals surface area contributed by atoms with Crippen molar-refractivity contribution in [3.05, 3.63) is 59.7 Å². The number of amides is 3. The van der Waals surface area contributed by atoms with Gasteiger partial charge in [-0.1, -0.05) is 31.9 Å². The van der Waals surface area contributed by atoms with Gasteiger partial charge in [0.1, 0.15) is 23.4 Å². The molecule has 0 aliphatic carbocycles. The second-order valence-corrected chi connectivity index (χ2v) is 9.88. The molecule has 8 nitrogen and oxygen atoms in total. The summed E-state index contributed by atoms with van der Waals surface area (Å²) >= 11 is 0. The molecule has 2 unspecified atom stereocenters. The van der Waals surface area contributed by atoms with Crippen LogP contribution in [0.4, 0.5) is 10.5 Å². The molecule has 0 aromatic heterocycles. The van der Waals surface area contributed by atoms with E-state index in [4.69, 9.17) is 15.9 Å². The van der Waals surface area contributed by atoms with Crippen LogP contribution in [0.5, 0.6) is 5.75 Å². The minimum absolute atomic E-state index is 0.218. The Balaban J connectivity index is 2.44. The number of benzene rings is 2. The van der Waals surface area contributed by atoms with Gasteiger partial charge in [0.2, 0.25) is 5.91 Å². The van der Waals surface area contributed by atoms with Crippen LogP contribution in [0.2, 0.25) is 0 Å². The van der Waals surface area contributed by atoms with Crippen molar-refractivity contribution in [3.63, 3.8) is 0 Å². The topological polar surface area (TPSA) is 97.0 Å². The zero-order valence-electron chi connectivity index (χ0n) is 22.6. The van der Waals surface area contributed by atoms with Crippen LogP contribution in [0.3, 0.4) is 0 Å². The molecule has 37 heavy (non-hydrogen) atoms.